The second-order valence-electron chi connectivity index (χ2n) is 4.42. The molecule has 1 aromatic heterocycles. The third-order valence-electron chi connectivity index (χ3n) is 3.02. The van der Waals surface area contributed by atoms with E-state index in [9.17, 15) is 4.79 Å². The average Bonchev–Trinajstić information content (AvgIpc) is 2.78. The van der Waals surface area contributed by atoms with Crippen LogP contribution in [0.2, 0.25) is 5.02 Å². The number of anilines is 2. The van der Waals surface area contributed by atoms with Gasteiger partial charge in [0.1, 0.15) is 4.88 Å². The molecule has 6 heteroatoms. The molecule has 106 valence electrons. The van der Waals surface area contributed by atoms with Crippen molar-refractivity contribution in [3.8, 4) is 0 Å². The topological polar surface area (TPSA) is 55.1 Å². The Morgan fingerprint density at radius 1 is 1.24 bits per heavy atom. The zero-order valence-corrected chi connectivity index (χ0v) is 13.8. The van der Waals surface area contributed by atoms with Gasteiger partial charge in [-0.3, -0.25) is 4.79 Å². The van der Waals surface area contributed by atoms with Crippen molar-refractivity contribution >= 4 is 66.2 Å². The highest BCUT2D eigenvalue weighted by Gasteiger charge is 2.17. The number of rotatable bonds is 2. The smallest absolute Gasteiger partial charge is 0.267 e. The molecule has 3 aromatic rings. The molecule has 21 heavy (non-hydrogen) atoms. The number of para-hydroxylation sites is 1. The molecule has 3 N–H and O–H groups in total. The summed E-state index contributed by atoms with van der Waals surface area (Å²) in [5, 5.41) is 4.17. The van der Waals surface area contributed by atoms with Crippen molar-refractivity contribution in [1.82, 2.24) is 0 Å². The summed E-state index contributed by atoms with van der Waals surface area (Å²) in [6, 6.07) is 12.8. The maximum atomic E-state index is 12.4. The third-order valence-corrected chi connectivity index (χ3v) is 5.01. The predicted octanol–water partition coefficient (Wildman–Crippen LogP) is 5.15. The van der Waals surface area contributed by atoms with Gasteiger partial charge in [-0.1, -0.05) is 45.7 Å². The van der Waals surface area contributed by atoms with Crippen LogP contribution in [-0.4, -0.2) is 5.91 Å². The molecule has 3 nitrogen and oxygen atoms in total. The van der Waals surface area contributed by atoms with E-state index in [2.05, 4.69) is 21.2 Å². The summed E-state index contributed by atoms with van der Waals surface area (Å²) in [5.74, 6) is -0.252. The highest BCUT2D eigenvalue weighted by Crippen LogP contribution is 2.36. The molecule has 0 saturated heterocycles. The molecule has 0 fully saturated rings. The number of nitrogens with one attached hydrogen (secondary N) is 1. The third kappa shape index (κ3) is 2.77. The highest BCUT2D eigenvalue weighted by molar-refractivity contribution is 9.10. The molecule has 0 unspecified atom stereocenters. The fourth-order valence-corrected chi connectivity index (χ4v) is 3.75. The van der Waals surface area contributed by atoms with Gasteiger partial charge in [-0.25, -0.2) is 0 Å². The number of amides is 1. The second-order valence-corrected chi connectivity index (χ2v) is 6.79. The van der Waals surface area contributed by atoms with Crippen LogP contribution in [0.4, 0.5) is 11.4 Å². The number of hydrogen-bond donors (Lipinski definition) is 2. The van der Waals surface area contributed by atoms with Crippen molar-refractivity contribution in [2.45, 2.75) is 0 Å². The minimum absolute atomic E-state index is 0.252. The van der Waals surface area contributed by atoms with Crippen LogP contribution in [0.5, 0.6) is 0 Å². The van der Waals surface area contributed by atoms with Gasteiger partial charge < -0.3 is 11.1 Å². The number of nitrogen functional groups attached to an aromatic ring is 1. The zero-order chi connectivity index (χ0) is 15.0. The molecular formula is C15H10BrClN2OS. The number of carbonyl (C=O) groups is 1. The van der Waals surface area contributed by atoms with Gasteiger partial charge in [0.25, 0.3) is 5.91 Å². The van der Waals surface area contributed by atoms with Crippen LogP contribution in [0.1, 0.15) is 9.67 Å². The Labute approximate surface area is 138 Å². The lowest BCUT2D eigenvalue weighted by atomic mass is 10.2. The molecule has 0 aliphatic rings. The summed E-state index contributed by atoms with van der Waals surface area (Å²) < 4.78 is 1.92. The van der Waals surface area contributed by atoms with Crippen LogP contribution >= 0.6 is 38.9 Å². The minimum Gasteiger partial charge on any atom is -0.397 e. The minimum atomic E-state index is -0.252. The molecule has 1 heterocycles. The molecule has 0 aliphatic carbocycles. The Morgan fingerprint density at radius 2 is 2.00 bits per heavy atom. The van der Waals surface area contributed by atoms with Gasteiger partial charge in [0.2, 0.25) is 0 Å². The van der Waals surface area contributed by atoms with Crippen LogP contribution in [0.15, 0.2) is 46.9 Å². The maximum absolute atomic E-state index is 12.4. The zero-order valence-electron chi connectivity index (χ0n) is 10.7. The molecule has 2 aromatic carbocycles. The summed E-state index contributed by atoms with van der Waals surface area (Å²) in [7, 11) is 0. The van der Waals surface area contributed by atoms with Gasteiger partial charge in [0.05, 0.1) is 16.4 Å². The molecule has 0 bridgehead atoms. The number of fused-ring (bicyclic) bond motifs is 1. The van der Waals surface area contributed by atoms with E-state index < -0.39 is 0 Å². The number of nitrogens with two attached hydrogens (primary N) is 1. The normalized spacial score (nSPS) is 10.8. The van der Waals surface area contributed by atoms with Gasteiger partial charge in [0, 0.05) is 14.6 Å². The molecule has 0 aliphatic heterocycles. The largest absolute Gasteiger partial charge is 0.397 e. The highest BCUT2D eigenvalue weighted by atomic mass is 79.9. The van der Waals surface area contributed by atoms with E-state index in [4.69, 9.17) is 17.3 Å². The maximum Gasteiger partial charge on any atom is 0.267 e. The summed E-state index contributed by atoms with van der Waals surface area (Å²) >= 11 is 10.8. The number of thiophene rings is 1. The Kier molecular flexibility index (Phi) is 3.89. The van der Waals surface area contributed by atoms with Gasteiger partial charge in [0.15, 0.2) is 0 Å². The van der Waals surface area contributed by atoms with Crippen LogP contribution < -0.4 is 11.1 Å². The first kappa shape index (κ1) is 14.4. The van der Waals surface area contributed by atoms with E-state index in [0.717, 1.165) is 14.6 Å². The molecule has 1 amide bonds. The van der Waals surface area contributed by atoms with Gasteiger partial charge >= 0.3 is 0 Å². The Morgan fingerprint density at radius 3 is 2.76 bits per heavy atom. The molecular weight excluding hydrogens is 372 g/mol. The Hall–Kier alpha value is -1.56. The first-order valence-corrected chi connectivity index (χ1v) is 8.08. The van der Waals surface area contributed by atoms with E-state index in [-0.39, 0.29) is 5.91 Å². The van der Waals surface area contributed by atoms with Gasteiger partial charge in [-0.15, -0.1) is 11.3 Å². The van der Waals surface area contributed by atoms with Crippen molar-refractivity contribution in [3.63, 3.8) is 0 Å². The lowest BCUT2D eigenvalue weighted by Crippen LogP contribution is -2.12. The molecule has 0 radical (unpaired) electrons. The number of halogens is 2. The average molecular weight is 382 g/mol. The SMILES string of the molecule is Nc1c(C(=O)Nc2ccccc2Cl)sc2cc(Br)ccc12. The quantitative estimate of drug-likeness (QED) is 0.645. The first-order valence-electron chi connectivity index (χ1n) is 6.09. The number of benzene rings is 2. The van der Waals surface area contributed by atoms with Gasteiger partial charge in [-0.05, 0) is 24.3 Å². The van der Waals surface area contributed by atoms with Crippen molar-refractivity contribution in [2.24, 2.45) is 0 Å². The van der Waals surface area contributed by atoms with Crippen molar-refractivity contribution in [2.75, 3.05) is 11.1 Å². The van der Waals surface area contributed by atoms with Crippen molar-refractivity contribution < 1.29 is 4.79 Å². The summed E-state index contributed by atoms with van der Waals surface area (Å²) in [6.45, 7) is 0. The second kappa shape index (κ2) is 5.67. The van der Waals surface area contributed by atoms with E-state index in [1.165, 1.54) is 11.3 Å². The standard InChI is InChI=1S/C15H10BrClN2OS/c16-8-5-6-9-12(7-8)21-14(13(9)18)15(20)19-11-4-2-1-3-10(11)17/h1-7H,18H2,(H,19,20). The van der Waals surface area contributed by atoms with Crippen LogP contribution in [0.3, 0.4) is 0 Å². The van der Waals surface area contributed by atoms with E-state index in [1.807, 2.05) is 30.3 Å². The lowest BCUT2D eigenvalue weighted by Gasteiger charge is -2.06. The Bertz CT molecular complexity index is 847. The van der Waals surface area contributed by atoms with E-state index >= 15 is 0 Å². The van der Waals surface area contributed by atoms with Crippen LogP contribution in [0.25, 0.3) is 10.1 Å². The van der Waals surface area contributed by atoms with E-state index in [0.29, 0.717) is 21.3 Å². The van der Waals surface area contributed by atoms with Crippen molar-refractivity contribution in [3.05, 3.63) is 56.8 Å². The summed E-state index contributed by atoms with van der Waals surface area (Å²) in [4.78, 5) is 12.9. The monoisotopic (exact) mass is 380 g/mol. The molecule has 0 spiro atoms. The molecule has 0 saturated carbocycles. The number of hydrogen-bond acceptors (Lipinski definition) is 3. The summed E-state index contributed by atoms with van der Waals surface area (Å²) in [6.07, 6.45) is 0. The predicted molar refractivity (Wildman–Crippen MR) is 93.3 cm³/mol. The number of carbonyl (C=O) groups excluding carboxylic acids is 1. The lowest BCUT2D eigenvalue weighted by molar-refractivity contribution is 0.103. The van der Waals surface area contributed by atoms with Crippen molar-refractivity contribution in [1.29, 1.82) is 0 Å². The van der Waals surface area contributed by atoms with E-state index in [1.54, 1.807) is 12.1 Å². The first-order chi connectivity index (χ1) is 10.1. The fraction of sp³-hybridized carbons (Fsp3) is 0. The molecule has 0 atom stereocenters. The van der Waals surface area contributed by atoms with Crippen LogP contribution in [-0.2, 0) is 0 Å². The van der Waals surface area contributed by atoms with Crippen LogP contribution in [0, 0.1) is 0 Å². The van der Waals surface area contributed by atoms with Gasteiger partial charge in [-0.2, -0.15) is 0 Å². The summed E-state index contributed by atoms with van der Waals surface area (Å²) in [5.41, 5.74) is 7.15. The Balaban J connectivity index is 1.98. The molecule has 3 rings (SSSR count). The fourth-order valence-electron chi connectivity index (χ4n) is 2.00.